The van der Waals surface area contributed by atoms with Crippen LogP contribution >= 0.6 is 11.3 Å². The summed E-state index contributed by atoms with van der Waals surface area (Å²) >= 11 is 1.69. The molecule has 0 aliphatic carbocycles. The molecule has 1 nitrogen and oxygen atoms in total. The van der Waals surface area contributed by atoms with Crippen molar-refractivity contribution in [2.24, 2.45) is 0 Å². The normalized spacial score (nSPS) is 14.7. The van der Waals surface area contributed by atoms with Gasteiger partial charge in [0.05, 0.1) is 11.1 Å². The zero-order valence-corrected chi connectivity index (χ0v) is 5.52. The second-order valence-electron chi connectivity index (χ2n) is 1.80. The highest BCUT2D eigenvalue weighted by atomic mass is 32.1. The molecular formula is C7H5OS. The Balaban J connectivity index is 2.53. The van der Waals surface area contributed by atoms with E-state index >= 15 is 0 Å². The van der Waals surface area contributed by atoms with E-state index < -0.39 is 0 Å². The molecule has 0 saturated carbocycles. The van der Waals surface area contributed by atoms with Crippen LogP contribution in [-0.4, -0.2) is 0 Å². The van der Waals surface area contributed by atoms with E-state index in [1.54, 1.807) is 24.2 Å². The van der Waals surface area contributed by atoms with Gasteiger partial charge < -0.3 is 4.74 Å². The molecule has 1 aliphatic rings. The SMILES string of the molecule is [CH]1OC=Cc2ccsc21. The molecule has 2 heterocycles. The van der Waals surface area contributed by atoms with Crippen molar-refractivity contribution in [2.75, 3.05) is 0 Å². The van der Waals surface area contributed by atoms with Gasteiger partial charge in [0, 0.05) is 0 Å². The fraction of sp³-hybridized carbons (Fsp3) is 0. The number of hydrogen-bond acceptors (Lipinski definition) is 2. The molecule has 0 bridgehead atoms. The Kier molecular flexibility index (Phi) is 1.06. The quantitative estimate of drug-likeness (QED) is 0.533. The standard InChI is InChI=1S/C7H5OS/c1-3-8-5-7-6(1)2-4-9-7/h1-5H. The molecular weight excluding hydrogens is 132 g/mol. The van der Waals surface area contributed by atoms with Crippen LogP contribution in [0.5, 0.6) is 0 Å². The molecule has 0 atom stereocenters. The van der Waals surface area contributed by atoms with E-state index in [4.69, 9.17) is 4.74 Å². The lowest BCUT2D eigenvalue weighted by Gasteiger charge is -2.03. The van der Waals surface area contributed by atoms with Gasteiger partial charge in [0.1, 0.15) is 0 Å². The minimum Gasteiger partial charge on any atom is -0.488 e. The maximum atomic E-state index is 4.96. The van der Waals surface area contributed by atoms with E-state index in [1.807, 2.05) is 6.08 Å². The Labute approximate surface area is 57.6 Å². The molecule has 0 aromatic carbocycles. The second kappa shape index (κ2) is 1.88. The molecule has 0 fully saturated rings. The first-order valence-corrected chi connectivity index (χ1v) is 3.57. The maximum Gasteiger partial charge on any atom is 0.174 e. The average molecular weight is 137 g/mol. The van der Waals surface area contributed by atoms with Crippen LogP contribution < -0.4 is 0 Å². The highest BCUT2D eigenvalue weighted by Gasteiger charge is 2.04. The topological polar surface area (TPSA) is 9.23 Å². The molecule has 0 saturated heterocycles. The van der Waals surface area contributed by atoms with E-state index in [0.717, 1.165) is 0 Å². The molecule has 9 heavy (non-hydrogen) atoms. The van der Waals surface area contributed by atoms with E-state index in [1.165, 1.54) is 10.4 Å². The summed E-state index contributed by atoms with van der Waals surface area (Å²) in [5.74, 6) is 0. The predicted octanol–water partition coefficient (Wildman–Crippen LogP) is 2.26. The first-order chi connectivity index (χ1) is 4.47. The second-order valence-corrected chi connectivity index (χ2v) is 2.74. The minimum absolute atomic E-state index is 1.21. The number of rotatable bonds is 0. The summed E-state index contributed by atoms with van der Waals surface area (Å²) < 4.78 is 4.96. The van der Waals surface area contributed by atoms with Gasteiger partial charge in [-0.05, 0) is 23.1 Å². The smallest absolute Gasteiger partial charge is 0.174 e. The van der Waals surface area contributed by atoms with Crippen molar-refractivity contribution in [3.63, 3.8) is 0 Å². The van der Waals surface area contributed by atoms with Crippen molar-refractivity contribution in [2.45, 2.75) is 0 Å². The van der Waals surface area contributed by atoms with Gasteiger partial charge in [-0.1, -0.05) is 0 Å². The van der Waals surface area contributed by atoms with E-state index in [0.29, 0.717) is 0 Å². The van der Waals surface area contributed by atoms with Gasteiger partial charge in [-0.2, -0.15) is 0 Å². The van der Waals surface area contributed by atoms with Gasteiger partial charge in [-0.15, -0.1) is 11.3 Å². The van der Waals surface area contributed by atoms with Crippen LogP contribution in [0.3, 0.4) is 0 Å². The molecule has 0 unspecified atom stereocenters. The first-order valence-electron chi connectivity index (χ1n) is 2.69. The lowest BCUT2D eigenvalue weighted by Crippen LogP contribution is -1.86. The first kappa shape index (κ1) is 5.06. The Hall–Kier alpha value is -0.760. The molecule has 0 amide bonds. The average Bonchev–Trinajstić information content (AvgIpc) is 2.33. The Morgan fingerprint density at radius 3 is 3.33 bits per heavy atom. The van der Waals surface area contributed by atoms with Crippen molar-refractivity contribution < 1.29 is 4.74 Å². The summed E-state index contributed by atoms with van der Waals surface area (Å²) in [5, 5.41) is 2.06. The summed E-state index contributed by atoms with van der Waals surface area (Å²) in [7, 11) is 0. The van der Waals surface area contributed by atoms with Gasteiger partial charge in [0.2, 0.25) is 0 Å². The summed E-state index contributed by atoms with van der Waals surface area (Å²) in [5.41, 5.74) is 1.26. The van der Waals surface area contributed by atoms with Crippen molar-refractivity contribution in [1.82, 2.24) is 0 Å². The van der Waals surface area contributed by atoms with Gasteiger partial charge in [0.25, 0.3) is 0 Å². The Morgan fingerprint density at radius 1 is 1.44 bits per heavy atom. The fourth-order valence-electron chi connectivity index (χ4n) is 0.778. The van der Waals surface area contributed by atoms with Crippen LogP contribution in [0, 0.1) is 6.61 Å². The fourth-order valence-corrected chi connectivity index (χ4v) is 1.52. The molecule has 2 heteroatoms. The van der Waals surface area contributed by atoms with E-state index in [2.05, 4.69) is 11.4 Å². The Morgan fingerprint density at radius 2 is 2.44 bits per heavy atom. The van der Waals surface area contributed by atoms with E-state index in [9.17, 15) is 0 Å². The van der Waals surface area contributed by atoms with Crippen molar-refractivity contribution in [1.29, 1.82) is 0 Å². The molecule has 0 spiro atoms. The van der Waals surface area contributed by atoms with Crippen molar-refractivity contribution in [3.05, 3.63) is 34.8 Å². The Bertz CT molecular complexity index is 237. The summed E-state index contributed by atoms with van der Waals surface area (Å²) in [6.07, 6.45) is 3.65. The van der Waals surface area contributed by atoms with Gasteiger partial charge in [-0.25, -0.2) is 0 Å². The number of fused-ring (bicyclic) bond motifs is 1. The molecule has 0 N–H and O–H groups in total. The third-order valence-electron chi connectivity index (χ3n) is 1.23. The third-order valence-corrected chi connectivity index (χ3v) is 2.09. The molecule has 2 rings (SSSR count). The summed E-state index contributed by atoms with van der Waals surface area (Å²) in [6, 6.07) is 2.08. The highest BCUT2D eigenvalue weighted by molar-refractivity contribution is 7.10. The lowest BCUT2D eigenvalue weighted by molar-refractivity contribution is 0.354. The van der Waals surface area contributed by atoms with Crippen LogP contribution in [0.4, 0.5) is 0 Å². The monoisotopic (exact) mass is 137 g/mol. The van der Waals surface area contributed by atoms with Crippen molar-refractivity contribution in [3.8, 4) is 0 Å². The largest absolute Gasteiger partial charge is 0.488 e. The van der Waals surface area contributed by atoms with Gasteiger partial charge >= 0.3 is 0 Å². The number of thiophene rings is 1. The van der Waals surface area contributed by atoms with Crippen LogP contribution in [0.25, 0.3) is 6.08 Å². The zero-order valence-electron chi connectivity index (χ0n) is 4.70. The molecule has 1 aliphatic heterocycles. The van der Waals surface area contributed by atoms with Gasteiger partial charge in [0.15, 0.2) is 6.61 Å². The third kappa shape index (κ3) is 0.754. The molecule has 1 aromatic rings. The maximum absolute atomic E-state index is 4.96. The number of hydrogen-bond donors (Lipinski definition) is 0. The summed E-state index contributed by atoms with van der Waals surface area (Å²) in [4.78, 5) is 1.21. The van der Waals surface area contributed by atoms with E-state index in [-0.39, 0.29) is 0 Å². The van der Waals surface area contributed by atoms with Crippen LogP contribution in [0.2, 0.25) is 0 Å². The summed E-state index contributed by atoms with van der Waals surface area (Å²) in [6.45, 7) is 1.76. The van der Waals surface area contributed by atoms with Crippen LogP contribution in [0.1, 0.15) is 10.4 Å². The van der Waals surface area contributed by atoms with Crippen molar-refractivity contribution >= 4 is 17.4 Å². The predicted molar refractivity (Wildman–Crippen MR) is 37.8 cm³/mol. The van der Waals surface area contributed by atoms with Crippen LogP contribution in [0.15, 0.2) is 17.7 Å². The van der Waals surface area contributed by atoms with Gasteiger partial charge in [-0.3, -0.25) is 0 Å². The zero-order chi connectivity index (χ0) is 6.10. The molecule has 1 radical (unpaired) electrons. The number of ether oxygens (including phenoxy) is 1. The van der Waals surface area contributed by atoms with Crippen LogP contribution in [-0.2, 0) is 4.74 Å². The lowest BCUT2D eigenvalue weighted by atomic mass is 10.2. The molecule has 45 valence electrons. The highest BCUT2D eigenvalue weighted by Crippen LogP contribution is 2.23. The minimum atomic E-state index is 1.21. The molecule has 1 aromatic heterocycles.